The lowest BCUT2D eigenvalue weighted by Crippen LogP contribution is -2.57. The molecule has 1 aliphatic heterocycles. The zero-order valence-corrected chi connectivity index (χ0v) is 12.1. The lowest BCUT2D eigenvalue weighted by Gasteiger charge is -2.46. The van der Waals surface area contributed by atoms with Crippen LogP contribution in [-0.4, -0.2) is 50.7 Å². The third-order valence-electron chi connectivity index (χ3n) is 3.80. The smallest absolute Gasteiger partial charge is 0.125 e. The highest BCUT2D eigenvalue weighted by molar-refractivity contribution is 5.49. The van der Waals surface area contributed by atoms with Gasteiger partial charge in [0.15, 0.2) is 0 Å². The number of nitrogens with zero attached hydrogens (tertiary/aromatic N) is 2. The fourth-order valence-corrected chi connectivity index (χ4v) is 3.06. The number of rotatable bonds is 4. The van der Waals surface area contributed by atoms with Crippen LogP contribution < -0.4 is 10.2 Å². The standard InChI is InChI=1S/C15H24FN3/c1-12-10-18(3)11-15(7-8-17-2)19(12)14-6-4-5-13(16)9-14/h4-6,9,12,15,17H,7-8,10-11H2,1-3H3. The Hall–Kier alpha value is -1.13. The number of anilines is 1. The zero-order valence-electron chi connectivity index (χ0n) is 12.1. The highest BCUT2D eigenvalue weighted by Crippen LogP contribution is 2.26. The number of hydrogen-bond acceptors (Lipinski definition) is 3. The molecule has 3 nitrogen and oxygen atoms in total. The van der Waals surface area contributed by atoms with Crippen molar-refractivity contribution in [2.45, 2.75) is 25.4 Å². The van der Waals surface area contributed by atoms with E-state index in [4.69, 9.17) is 0 Å². The van der Waals surface area contributed by atoms with E-state index in [0.717, 1.165) is 31.7 Å². The van der Waals surface area contributed by atoms with E-state index >= 15 is 0 Å². The van der Waals surface area contributed by atoms with Crippen molar-refractivity contribution in [2.75, 3.05) is 38.6 Å². The van der Waals surface area contributed by atoms with Crippen LogP contribution in [0.2, 0.25) is 0 Å². The summed E-state index contributed by atoms with van der Waals surface area (Å²) in [5.41, 5.74) is 1.00. The van der Waals surface area contributed by atoms with Crippen LogP contribution >= 0.6 is 0 Å². The molecule has 2 rings (SSSR count). The molecular weight excluding hydrogens is 241 g/mol. The summed E-state index contributed by atoms with van der Waals surface area (Å²) in [5, 5.41) is 3.21. The SMILES string of the molecule is CNCCC1CN(C)CC(C)N1c1cccc(F)c1. The van der Waals surface area contributed by atoms with Gasteiger partial charge in [-0.3, -0.25) is 0 Å². The summed E-state index contributed by atoms with van der Waals surface area (Å²) < 4.78 is 13.5. The summed E-state index contributed by atoms with van der Waals surface area (Å²) in [5.74, 6) is -0.156. The number of likely N-dealkylation sites (N-methyl/N-ethyl adjacent to an activating group) is 1. The molecule has 0 saturated carbocycles. The Bertz CT molecular complexity index is 410. The molecule has 0 spiro atoms. The lowest BCUT2D eigenvalue weighted by molar-refractivity contribution is 0.226. The Labute approximate surface area is 115 Å². The number of hydrogen-bond donors (Lipinski definition) is 1. The molecule has 1 aromatic rings. The van der Waals surface area contributed by atoms with E-state index in [-0.39, 0.29) is 5.82 Å². The van der Waals surface area contributed by atoms with Crippen LogP contribution in [0.5, 0.6) is 0 Å². The van der Waals surface area contributed by atoms with Gasteiger partial charge >= 0.3 is 0 Å². The Morgan fingerprint density at radius 1 is 1.37 bits per heavy atom. The predicted octanol–water partition coefficient (Wildman–Crippen LogP) is 1.94. The molecular formula is C15H24FN3. The molecule has 1 saturated heterocycles. The Morgan fingerprint density at radius 3 is 2.84 bits per heavy atom. The molecule has 0 aromatic heterocycles. The second-order valence-electron chi connectivity index (χ2n) is 5.50. The van der Waals surface area contributed by atoms with Gasteiger partial charge in [0.25, 0.3) is 0 Å². The van der Waals surface area contributed by atoms with E-state index in [2.05, 4.69) is 29.1 Å². The Morgan fingerprint density at radius 2 is 2.16 bits per heavy atom. The first kappa shape index (κ1) is 14.3. The second kappa shape index (κ2) is 6.35. The maximum absolute atomic E-state index is 13.5. The summed E-state index contributed by atoms with van der Waals surface area (Å²) in [7, 11) is 4.13. The van der Waals surface area contributed by atoms with Gasteiger partial charge in [0, 0.05) is 30.9 Å². The average molecular weight is 265 g/mol. The molecule has 0 aliphatic carbocycles. The highest BCUT2D eigenvalue weighted by Gasteiger charge is 2.30. The van der Waals surface area contributed by atoms with Crippen LogP contribution in [0.4, 0.5) is 10.1 Å². The third kappa shape index (κ3) is 3.45. The quantitative estimate of drug-likeness (QED) is 0.897. The lowest BCUT2D eigenvalue weighted by atomic mass is 10.0. The van der Waals surface area contributed by atoms with Gasteiger partial charge in [0.1, 0.15) is 5.82 Å². The maximum Gasteiger partial charge on any atom is 0.125 e. The van der Waals surface area contributed by atoms with Crippen molar-refractivity contribution in [1.29, 1.82) is 0 Å². The van der Waals surface area contributed by atoms with Gasteiger partial charge in [-0.05, 0) is 52.2 Å². The summed E-state index contributed by atoms with van der Waals surface area (Å²) >= 11 is 0. The van der Waals surface area contributed by atoms with E-state index < -0.39 is 0 Å². The monoisotopic (exact) mass is 265 g/mol. The van der Waals surface area contributed by atoms with Crippen molar-refractivity contribution >= 4 is 5.69 Å². The van der Waals surface area contributed by atoms with Gasteiger partial charge in [-0.25, -0.2) is 4.39 Å². The first-order valence-corrected chi connectivity index (χ1v) is 6.99. The van der Waals surface area contributed by atoms with Gasteiger partial charge < -0.3 is 15.1 Å². The van der Waals surface area contributed by atoms with Crippen LogP contribution in [0.1, 0.15) is 13.3 Å². The fourth-order valence-electron chi connectivity index (χ4n) is 3.06. The summed E-state index contributed by atoms with van der Waals surface area (Å²) in [4.78, 5) is 4.74. The van der Waals surface area contributed by atoms with Crippen molar-refractivity contribution in [3.63, 3.8) is 0 Å². The van der Waals surface area contributed by atoms with Crippen LogP contribution in [0.3, 0.4) is 0 Å². The molecule has 1 aromatic carbocycles. The van der Waals surface area contributed by atoms with E-state index in [0.29, 0.717) is 12.1 Å². The minimum absolute atomic E-state index is 0.156. The van der Waals surface area contributed by atoms with Gasteiger partial charge in [-0.2, -0.15) is 0 Å². The van der Waals surface area contributed by atoms with E-state index in [1.54, 1.807) is 12.1 Å². The van der Waals surface area contributed by atoms with Crippen LogP contribution in [0.25, 0.3) is 0 Å². The fraction of sp³-hybridized carbons (Fsp3) is 0.600. The van der Waals surface area contributed by atoms with Crippen molar-refractivity contribution in [3.05, 3.63) is 30.1 Å². The molecule has 1 aliphatic rings. The average Bonchev–Trinajstić information content (AvgIpc) is 2.35. The molecule has 19 heavy (non-hydrogen) atoms. The normalized spacial score (nSPS) is 24.7. The summed E-state index contributed by atoms with van der Waals surface area (Å²) in [6, 6.07) is 7.80. The molecule has 106 valence electrons. The predicted molar refractivity (Wildman–Crippen MR) is 78.2 cm³/mol. The van der Waals surface area contributed by atoms with Crippen molar-refractivity contribution in [1.82, 2.24) is 10.2 Å². The third-order valence-corrected chi connectivity index (χ3v) is 3.80. The molecule has 1 N–H and O–H groups in total. The van der Waals surface area contributed by atoms with Gasteiger partial charge in [-0.15, -0.1) is 0 Å². The number of nitrogens with one attached hydrogen (secondary N) is 1. The van der Waals surface area contributed by atoms with E-state index in [1.807, 2.05) is 13.1 Å². The maximum atomic E-state index is 13.5. The van der Waals surface area contributed by atoms with E-state index in [9.17, 15) is 4.39 Å². The molecule has 2 unspecified atom stereocenters. The van der Waals surface area contributed by atoms with Crippen LogP contribution in [0.15, 0.2) is 24.3 Å². The minimum atomic E-state index is -0.156. The minimum Gasteiger partial charge on any atom is -0.363 e. The number of halogens is 1. The molecule has 0 bridgehead atoms. The number of benzene rings is 1. The Kier molecular flexibility index (Phi) is 4.77. The molecule has 4 heteroatoms. The molecule has 1 heterocycles. The second-order valence-corrected chi connectivity index (χ2v) is 5.50. The molecule has 1 fully saturated rings. The van der Waals surface area contributed by atoms with Gasteiger partial charge in [0.05, 0.1) is 0 Å². The van der Waals surface area contributed by atoms with Crippen molar-refractivity contribution in [2.24, 2.45) is 0 Å². The molecule has 0 radical (unpaired) electrons. The van der Waals surface area contributed by atoms with Crippen LogP contribution in [0, 0.1) is 5.82 Å². The first-order chi connectivity index (χ1) is 9.11. The topological polar surface area (TPSA) is 18.5 Å². The van der Waals surface area contributed by atoms with Crippen molar-refractivity contribution in [3.8, 4) is 0 Å². The van der Waals surface area contributed by atoms with Gasteiger partial charge in [0.2, 0.25) is 0 Å². The van der Waals surface area contributed by atoms with E-state index in [1.165, 1.54) is 6.07 Å². The van der Waals surface area contributed by atoms with Gasteiger partial charge in [-0.1, -0.05) is 6.07 Å². The highest BCUT2D eigenvalue weighted by atomic mass is 19.1. The van der Waals surface area contributed by atoms with Crippen LogP contribution in [-0.2, 0) is 0 Å². The Balaban J connectivity index is 2.21. The largest absolute Gasteiger partial charge is 0.363 e. The zero-order chi connectivity index (χ0) is 13.8. The summed E-state index contributed by atoms with van der Waals surface area (Å²) in [6.45, 7) is 5.25. The first-order valence-electron chi connectivity index (χ1n) is 6.99. The summed E-state index contributed by atoms with van der Waals surface area (Å²) in [6.07, 6.45) is 1.07. The molecule has 0 amide bonds. The molecule has 2 atom stereocenters. The van der Waals surface area contributed by atoms with Crippen molar-refractivity contribution < 1.29 is 4.39 Å². The number of piperazine rings is 1.